The van der Waals surface area contributed by atoms with Crippen molar-refractivity contribution in [2.24, 2.45) is 0 Å². The van der Waals surface area contributed by atoms with Gasteiger partial charge in [-0.3, -0.25) is 0 Å². The van der Waals surface area contributed by atoms with Crippen molar-refractivity contribution in [3.8, 4) is 5.75 Å². The number of ether oxygens (including phenoxy) is 1. The van der Waals surface area contributed by atoms with Crippen molar-refractivity contribution >= 4 is 6.03 Å². The van der Waals surface area contributed by atoms with Crippen LogP contribution < -0.4 is 15.4 Å². The van der Waals surface area contributed by atoms with E-state index in [1.165, 1.54) is 5.56 Å². The molecule has 0 saturated carbocycles. The summed E-state index contributed by atoms with van der Waals surface area (Å²) < 4.78 is 5.37. The summed E-state index contributed by atoms with van der Waals surface area (Å²) in [4.78, 5) is 11.5. The molecule has 112 valence electrons. The average Bonchev–Trinajstić information content (AvgIpc) is 2.44. The van der Waals surface area contributed by atoms with Gasteiger partial charge in [0.05, 0.1) is 7.11 Å². The fourth-order valence-electron chi connectivity index (χ4n) is 1.96. The molecule has 0 bridgehead atoms. The molecule has 4 nitrogen and oxygen atoms in total. The van der Waals surface area contributed by atoms with Gasteiger partial charge < -0.3 is 15.4 Å². The van der Waals surface area contributed by atoms with Crippen molar-refractivity contribution < 1.29 is 9.53 Å². The molecule has 1 aromatic rings. The number of nitrogens with one attached hydrogen (secondary N) is 2. The van der Waals surface area contributed by atoms with Crippen LogP contribution in [-0.4, -0.2) is 26.2 Å². The average molecular weight is 278 g/mol. The van der Waals surface area contributed by atoms with E-state index >= 15 is 0 Å². The Balaban J connectivity index is 2.57. The number of carbonyl (C=O) groups is 1. The Labute approximate surface area is 121 Å². The number of hydrogen-bond donors (Lipinski definition) is 2. The first kappa shape index (κ1) is 16.3. The Morgan fingerprint density at radius 3 is 2.55 bits per heavy atom. The third-order valence-electron chi connectivity index (χ3n) is 3.19. The second-order valence-electron chi connectivity index (χ2n) is 5.16. The van der Waals surface area contributed by atoms with Crippen LogP contribution in [0, 0.1) is 0 Å². The molecular formula is C16H26N2O2. The Bertz CT molecular complexity index is 430. The maximum atomic E-state index is 11.5. The molecule has 1 rings (SSSR count). The largest absolute Gasteiger partial charge is 0.496 e. The third kappa shape index (κ3) is 5.11. The van der Waals surface area contributed by atoms with Gasteiger partial charge in [-0.15, -0.1) is 0 Å². The van der Waals surface area contributed by atoms with Crippen molar-refractivity contribution in [2.75, 3.05) is 20.2 Å². The number of rotatable bonds is 7. The first-order valence-electron chi connectivity index (χ1n) is 7.27. The zero-order valence-electron chi connectivity index (χ0n) is 13.0. The summed E-state index contributed by atoms with van der Waals surface area (Å²) in [6.07, 6.45) is 1.71. The molecule has 0 saturated heterocycles. The number of methoxy groups -OCH3 is 1. The van der Waals surface area contributed by atoms with Crippen LogP contribution in [0.4, 0.5) is 4.79 Å². The molecule has 0 aromatic heterocycles. The number of hydrogen-bond acceptors (Lipinski definition) is 2. The minimum atomic E-state index is -0.106. The zero-order chi connectivity index (χ0) is 15.0. The lowest BCUT2D eigenvalue weighted by atomic mass is 9.99. The number of amides is 2. The van der Waals surface area contributed by atoms with E-state index in [1.807, 2.05) is 13.0 Å². The monoisotopic (exact) mass is 278 g/mol. The summed E-state index contributed by atoms with van der Waals surface area (Å²) in [6, 6.07) is 6.15. The van der Waals surface area contributed by atoms with E-state index in [1.54, 1.807) is 7.11 Å². The van der Waals surface area contributed by atoms with Crippen LogP contribution in [0.2, 0.25) is 0 Å². The summed E-state index contributed by atoms with van der Waals surface area (Å²) in [5.41, 5.74) is 2.42. The minimum Gasteiger partial charge on any atom is -0.496 e. The minimum absolute atomic E-state index is 0.106. The smallest absolute Gasteiger partial charge is 0.314 e. The van der Waals surface area contributed by atoms with E-state index in [9.17, 15) is 4.79 Å². The van der Waals surface area contributed by atoms with Crippen molar-refractivity contribution in [1.82, 2.24) is 10.6 Å². The van der Waals surface area contributed by atoms with Crippen molar-refractivity contribution in [2.45, 2.75) is 39.5 Å². The topological polar surface area (TPSA) is 50.4 Å². The molecule has 4 heteroatoms. The molecule has 1 aromatic carbocycles. The molecule has 0 aliphatic rings. The summed E-state index contributed by atoms with van der Waals surface area (Å²) in [5, 5.41) is 5.66. The van der Waals surface area contributed by atoms with Gasteiger partial charge in [0, 0.05) is 13.1 Å². The van der Waals surface area contributed by atoms with Crippen molar-refractivity contribution in [3.63, 3.8) is 0 Å². The highest BCUT2D eigenvalue weighted by molar-refractivity contribution is 5.73. The van der Waals surface area contributed by atoms with Crippen LogP contribution in [0.15, 0.2) is 18.2 Å². The van der Waals surface area contributed by atoms with E-state index in [-0.39, 0.29) is 6.03 Å². The van der Waals surface area contributed by atoms with Crippen LogP contribution in [0.25, 0.3) is 0 Å². The fourth-order valence-corrected chi connectivity index (χ4v) is 1.96. The highest BCUT2D eigenvalue weighted by Crippen LogP contribution is 2.24. The van der Waals surface area contributed by atoms with Gasteiger partial charge in [0.25, 0.3) is 0 Å². The Hall–Kier alpha value is -1.71. The quantitative estimate of drug-likeness (QED) is 0.805. The molecule has 2 N–H and O–H groups in total. The number of benzene rings is 1. The van der Waals surface area contributed by atoms with Crippen LogP contribution in [0.3, 0.4) is 0 Å². The second kappa shape index (κ2) is 8.46. The lowest BCUT2D eigenvalue weighted by molar-refractivity contribution is 0.241. The van der Waals surface area contributed by atoms with Crippen LogP contribution in [0.1, 0.15) is 44.2 Å². The lowest BCUT2D eigenvalue weighted by Crippen LogP contribution is -2.36. The molecule has 0 aliphatic carbocycles. The summed E-state index contributed by atoms with van der Waals surface area (Å²) >= 11 is 0. The van der Waals surface area contributed by atoms with Gasteiger partial charge in [-0.1, -0.05) is 32.9 Å². The maximum absolute atomic E-state index is 11.5. The Morgan fingerprint density at radius 2 is 1.95 bits per heavy atom. The fraction of sp³-hybridized carbons (Fsp3) is 0.562. The third-order valence-corrected chi connectivity index (χ3v) is 3.19. The van der Waals surface area contributed by atoms with Crippen LogP contribution in [-0.2, 0) is 6.42 Å². The van der Waals surface area contributed by atoms with E-state index in [4.69, 9.17) is 4.74 Å². The van der Waals surface area contributed by atoms with Gasteiger partial charge in [0.2, 0.25) is 0 Å². The molecule has 2 amide bonds. The van der Waals surface area contributed by atoms with E-state index in [2.05, 4.69) is 36.6 Å². The van der Waals surface area contributed by atoms with E-state index < -0.39 is 0 Å². The van der Waals surface area contributed by atoms with E-state index in [0.717, 1.165) is 24.2 Å². The van der Waals surface area contributed by atoms with E-state index in [0.29, 0.717) is 19.0 Å². The highest BCUT2D eigenvalue weighted by Gasteiger charge is 2.07. The first-order valence-corrected chi connectivity index (χ1v) is 7.27. The standard InChI is InChI=1S/C16H26N2O2/c1-5-9-17-16(19)18-10-8-14-11-13(12(2)3)6-7-15(14)20-4/h6-7,11-12H,5,8-10H2,1-4H3,(H2,17,18,19). The number of urea groups is 1. The summed E-state index contributed by atoms with van der Waals surface area (Å²) in [5.74, 6) is 1.37. The van der Waals surface area contributed by atoms with Gasteiger partial charge >= 0.3 is 6.03 Å². The lowest BCUT2D eigenvalue weighted by Gasteiger charge is -2.13. The zero-order valence-corrected chi connectivity index (χ0v) is 13.0. The molecule has 0 radical (unpaired) electrons. The van der Waals surface area contributed by atoms with Gasteiger partial charge in [-0.2, -0.15) is 0 Å². The van der Waals surface area contributed by atoms with Crippen molar-refractivity contribution in [1.29, 1.82) is 0 Å². The summed E-state index contributed by atoms with van der Waals surface area (Å²) in [6.45, 7) is 7.68. The maximum Gasteiger partial charge on any atom is 0.314 e. The molecule has 0 unspecified atom stereocenters. The molecule has 20 heavy (non-hydrogen) atoms. The Morgan fingerprint density at radius 1 is 1.25 bits per heavy atom. The van der Waals surface area contributed by atoms with Crippen LogP contribution in [0.5, 0.6) is 5.75 Å². The normalized spacial score (nSPS) is 10.4. The molecular weight excluding hydrogens is 252 g/mol. The van der Waals surface area contributed by atoms with Crippen LogP contribution >= 0.6 is 0 Å². The first-order chi connectivity index (χ1) is 9.58. The molecule has 0 atom stereocenters. The molecule has 0 heterocycles. The van der Waals surface area contributed by atoms with Gasteiger partial charge in [0.15, 0.2) is 0 Å². The predicted molar refractivity (Wildman–Crippen MR) is 82.5 cm³/mol. The number of carbonyl (C=O) groups excluding carboxylic acids is 1. The highest BCUT2D eigenvalue weighted by atomic mass is 16.5. The predicted octanol–water partition coefficient (Wildman–Crippen LogP) is 3.07. The SMILES string of the molecule is CCCNC(=O)NCCc1cc(C(C)C)ccc1OC. The summed E-state index contributed by atoms with van der Waals surface area (Å²) in [7, 11) is 1.68. The van der Waals surface area contributed by atoms with Crippen molar-refractivity contribution in [3.05, 3.63) is 29.3 Å². The van der Waals surface area contributed by atoms with Gasteiger partial charge in [-0.25, -0.2) is 4.79 Å². The molecule has 0 fully saturated rings. The second-order valence-corrected chi connectivity index (χ2v) is 5.16. The molecule has 0 spiro atoms. The van der Waals surface area contributed by atoms with Gasteiger partial charge in [0.1, 0.15) is 5.75 Å². The molecule has 0 aliphatic heterocycles. The Kier molecular flexibility index (Phi) is 6.91. The van der Waals surface area contributed by atoms with Gasteiger partial charge in [-0.05, 0) is 36.0 Å².